The highest BCUT2D eigenvalue weighted by Crippen LogP contribution is 2.15. The van der Waals surface area contributed by atoms with Crippen LogP contribution in [0, 0.1) is 0 Å². The van der Waals surface area contributed by atoms with E-state index >= 15 is 0 Å². The number of hydrogen-bond donors (Lipinski definition) is 1. The molecule has 84 valence electrons. The second kappa shape index (κ2) is 4.84. The molecular formula is C13H15NO2. The molecular weight excluding hydrogens is 202 g/mol. The summed E-state index contributed by atoms with van der Waals surface area (Å²) in [5.74, 6) is -0.201. The Kier molecular flexibility index (Phi) is 3.25. The van der Waals surface area contributed by atoms with Crippen molar-refractivity contribution in [2.45, 2.75) is 19.4 Å². The molecule has 0 spiro atoms. The van der Waals surface area contributed by atoms with E-state index in [4.69, 9.17) is 4.74 Å². The minimum Gasteiger partial charge on any atom is -0.462 e. The van der Waals surface area contributed by atoms with Crippen molar-refractivity contribution < 1.29 is 9.53 Å². The number of esters is 1. The quantitative estimate of drug-likeness (QED) is 0.623. The minimum atomic E-state index is -0.201. The summed E-state index contributed by atoms with van der Waals surface area (Å²) in [6, 6.07) is 10.3. The molecule has 0 saturated carbocycles. The van der Waals surface area contributed by atoms with Crippen LogP contribution in [0.25, 0.3) is 0 Å². The number of hydrogen-bond acceptors (Lipinski definition) is 3. The van der Waals surface area contributed by atoms with Gasteiger partial charge in [0.1, 0.15) is 0 Å². The van der Waals surface area contributed by atoms with E-state index in [1.54, 1.807) is 6.20 Å². The molecule has 1 saturated heterocycles. The second-order valence-corrected chi connectivity index (χ2v) is 3.85. The molecule has 16 heavy (non-hydrogen) atoms. The van der Waals surface area contributed by atoms with E-state index in [1.165, 1.54) is 5.56 Å². The zero-order valence-corrected chi connectivity index (χ0v) is 9.27. The predicted octanol–water partition coefficient (Wildman–Crippen LogP) is 2.17. The van der Waals surface area contributed by atoms with E-state index in [1.807, 2.05) is 18.2 Å². The molecule has 1 aliphatic rings. The third-order valence-corrected chi connectivity index (χ3v) is 2.67. The molecule has 0 amide bonds. The van der Waals surface area contributed by atoms with Crippen LogP contribution in [0.15, 0.2) is 42.1 Å². The van der Waals surface area contributed by atoms with Gasteiger partial charge in [0.15, 0.2) is 0 Å². The molecule has 1 aromatic carbocycles. The van der Waals surface area contributed by atoms with Gasteiger partial charge in [0.2, 0.25) is 0 Å². The van der Waals surface area contributed by atoms with Crippen molar-refractivity contribution in [3.05, 3.63) is 47.7 Å². The largest absolute Gasteiger partial charge is 0.462 e. The first-order valence-corrected chi connectivity index (χ1v) is 5.44. The molecule has 3 heteroatoms. The lowest BCUT2D eigenvalue weighted by molar-refractivity contribution is -0.135. The molecule has 1 N–H and O–H groups in total. The van der Waals surface area contributed by atoms with Crippen LogP contribution in [0.2, 0.25) is 0 Å². The average molecular weight is 217 g/mol. The summed E-state index contributed by atoms with van der Waals surface area (Å²) in [6.45, 7) is 2.57. The highest BCUT2D eigenvalue weighted by atomic mass is 16.5. The maximum Gasteiger partial charge on any atom is 0.335 e. The van der Waals surface area contributed by atoms with Crippen molar-refractivity contribution in [2.75, 3.05) is 6.61 Å². The van der Waals surface area contributed by atoms with Gasteiger partial charge in [-0.1, -0.05) is 30.3 Å². The third kappa shape index (κ3) is 2.42. The molecule has 0 aliphatic carbocycles. The Bertz CT molecular complexity index is 398. The molecule has 0 aromatic heterocycles. The standard InChI is InChI=1S/C13H15NO2/c1-10(11-5-3-2-4-6-11)14-9-12-7-8-16-13(12)15/h2-6,9-10,14H,7-8H2,1H3. The predicted molar refractivity (Wildman–Crippen MR) is 61.7 cm³/mol. The van der Waals surface area contributed by atoms with Crippen LogP contribution < -0.4 is 5.32 Å². The van der Waals surface area contributed by atoms with Gasteiger partial charge in [0, 0.05) is 18.7 Å². The lowest BCUT2D eigenvalue weighted by Gasteiger charge is -2.12. The Labute approximate surface area is 95.1 Å². The molecule has 1 aliphatic heterocycles. The molecule has 1 fully saturated rings. The molecule has 3 nitrogen and oxygen atoms in total. The summed E-state index contributed by atoms with van der Waals surface area (Å²) in [4.78, 5) is 11.2. The fourth-order valence-corrected chi connectivity index (χ4v) is 1.64. The van der Waals surface area contributed by atoms with E-state index in [0.29, 0.717) is 13.0 Å². The molecule has 0 bridgehead atoms. The van der Waals surface area contributed by atoms with E-state index in [-0.39, 0.29) is 12.0 Å². The van der Waals surface area contributed by atoms with Crippen molar-refractivity contribution in [3.8, 4) is 0 Å². The molecule has 1 atom stereocenters. The fourth-order valence-electron chi connectivity index (χ4n) is 1.64. The van der Waals surface area contributed by atoms with E-state index in [0.717, 1.165) is 5.57 Å². The maximum atomic E-state index is 11.2. The summed E-state index contributed by atoms with van der Waals surface area (Å²) in [7, 11) is 0. The lowest BCUT2D eigenvalue weighted by atomic mass is 10.1. The van der Waals surface area contributed by atoms with E-state index in [2.05, 4.69) is 24.4 Å². The first-order valence-electron chi connectivity index (χ1n) is 5.44. The van der Waals surface area contributed by atoms with Crippen LogP contribution in [0.5, 0.6) is 0 Å². The third-order valence-electron chi connectivity index (χ3n) is 2.67. The summed E-state index contributed by atoms with van der Waals surface area (Å²) in [5.41, 5.74) is 1.92. The number of ether oxygens (including phenoxy) is 1. The van der Waals surface area contributed by atoms with Gasteiger partial charge in [-0.15, -0.1) is 0 Å². The molecule has 1 heterocycles. The SMILES string of the molecule is CC(NC=C1CCOC1=O)c1ccccc1. The molecule has 2 rings (SSSR count). The number of cyclic esters (lactones) is 1. The van der Waals surface area contributed by atoms with Crippen LogP contribution in [0.4, 0.5) is 0 Å². The van der Waals surface area contributed by atoms with E-state index in [9.17, 15) is 4.79 Å². The van der Waals surface area contributed by atoms with E-state index < -0.39 is 0 Å². The normalized spacial score (nSPS) is 19.6. The summed E-state index contributed by atoms with van der Waals surface area (Å²) in [6.07, 6.45) is 2.47. The average Bonchev–Trinajstić information content (AvgIpc) is 2.73. The monoisotopic (exact) mass is 217 g/mol. The second-order valence-electron chi connectivity index (χ2n) is 3.85. The van der Waals surface area contributed by atoms with Crippen molar-refractivity contribution in [3.63, 3.8) is 0 Å². The number of rotatable bonds is 3. The van der Waals surface area contributed by atoms with Gasteiger partial charge in [-0.25, -0.2) is 4.79 Å². The topological polar surface area (TPSA) is 38.3 Å². The Morgan fingerprint density at radius 3 is 2.75 bits per heavy atom. The summed E-state index contributed by atoms with van der Waals surface area (Å²) >= 11 is 0. The smallest absolute Gasteiger partial charge is 0.335 e. The number of benzene rings is 1. The van der Waals surface area contributed by atoms with Crippen molar-refractivity contribution in [1.82, 2.24) is 5.32 Å². The van der Waals surface area contributed by atoms with Gasteiger partial charge in [0.05, 0.1) is 12.2 Å². The Balaban J connectivity index is 1.98. The first-order chi connectivity index (χ1) is 7.77. The van der Waals surface area contributed by atoms with Gasteiger partial charge in [-0.05, 0) is 12.5 Å². The number of carbonyl (C=O) groups is 1. The van der Waals surface area contributed by atoms with Crippen LogP contribution >= 0.6 is 0 Å². The van der Waals surface area contributed by atoms with Crippen LogP contribution in [-0.2, 0) is 9.53 Å². The summed E-state index contributed by atoms with van der Waals surface area (Å²) in [5, 5.41) is 3.21. The van der Waals surface area contributed by atoms with Crippen LogP contribution in [-0.4, -0.2) is 12.6 Å². The highest BCUT2D eigenvalue weighted by molar-refractivity contribution is 5.90. The van der Waals surface area contributed by atoms with Gasteiger partial charge < -0.3 is 10.1 Å². The Hall–Kier alpha value is -1.77. The fraction of sp³-hybridized carbons (Fsp3) is 0.308. The Morgan fingerprint density at radius 2 is 2.12 bits per heavy atom. The number of nitrogens with one attached hydrogen (secondary N) is 1. The lowest BCUT2D eigenvalue weighted by Crippen LogP contribution is -2.13. The molecule has 1 aromatic rings. The number of carbonyl (C=O) groups excluding carboxylic acids is 1. The highest BCUT2D eigenvalue weighted by Gasteiger charge is 2.18. The van der Waals surface area contributed by atoms with Crippen LogP contribution in [0.1, 0.15) is 24.9 Å². The van der Waals surface area contributed by atoms with Gasteiger partial charge in [0.25, 0.3) is 0 Å². The van der Waals surface area contributed by atoms with Gasteiger partial charge in [-0.2, -0.15) is 0 Å². The summed E-state index contributed by atoms with van der Waals surface area (Å²) < 4.78 is 4.86. The van der Waals surface area contributed by atoms with Crippen molar-refractivity contribution in [1.29, 1.82) is 0 Å². The Morgan fingerprint density at radius 1 is 1.38 bits per heavy atom. The zero-order chi connectivity index (χ0) is 11.4. The molecule has 1 unspecified atom stereocenters. The maximum absolute atomic E-state index is 11.2. The van der Waals surface area contributed by atoms with Gasteiger partial charge in [-0.3, -0.25) is 0 Å². The minimum absolute atomic E-state index is 0.196. The zero-order valence-electron chi connectivity index (χ0n) is 9.27. The van der Waals surface area contributed by atoms with Gasteiger partial charge >= 0.3 is 5.97 Å². The van der Waals surface area contributed by atoms with Crippen LogP contribution in [0.3, 0.4) is 0 Å². The van der Waals surface area contributed by atoms with Crippen molar-refractivity contribution >= 4 is 5.97 Å². The first kappa shape index (κ1) is 10.7. The molecule has 0 radical (unpaired) electrons. The van der Waals surface area contributed by atoms with Crippen molar-refractivity contribution in [2.24, 2.45) is 0 Å².